The van der Waals surface area contributed by atoms with Gasteiger partial charge >= 0.3 is 5.97 Å². The Morgan fingerprint density at radius 3 is 2.67 bits per heavy atom. The zero-order valence-corrected chi connectivity index (χ0v) is 9.02. The number of hydrogen-bond donors (Lipinski definition) is 3. The van der Waals surface area contributed by atoms with E-state index in [1.807, 2.05) is 0 Å². The van der Waals surface area contributed by atoms with E-state index in [0.29, 0.717) is 4.47 Å². The molecule has 0 amide bonds. The standard InChI is InChI=1S/C9H7BrN2O3/c10-5-1-4(3-11)8(13)6(2-5)7(12)9(14)15/h1-2,7,13H,12H2,(H,14,15)/t7-/m0/s1. The van der Waals surface area contributed by atoms with Crippen molar-refractivity contribution in [2.24, 2.45) is 5.73 Å². The Bertz CT molecular complexity index is 453. The highest BCUT2D eigenvalue weighted by molar-refractivity contribution is 9.10. The summed E-state index contributed by atoms with van der Waals surface area (Å²) in [5, 5.41) is 26.9. The number of phenols is 1. The number of carboxylic acids is 1. The Hall–Kier alpha value is -1.58. The highest BCUT2D eigenvalue weighted by atomic mass is 79.9. The van der Waals surface area contributed by atoms with Crippen molar-refractivity contribution in [1.82, 2.24) is 0 Å². The molecule has 0 saturated heterocycles. The number of nitriles is 1. The molecule has 0 unspecified atom stereocenters. The van der Waals surface area contributed by atoms with Gasteiger partial charge in [0.2, 0.25) is 0 Å². The molecule has 78 valence electrons. The molecule has 0 heterocycles. The van der Waals surface area contributed by atoms with Gasteiger partial charge in [-0.3, -0.25) is 4.79 Å². The molecule has 15 heavy (non-hydrogen) atoms. The van der Waals surface area contributed by atoms with E-state index in [-0.39, 0.29) is 11.1 Å². The molecule has 6 heteroatoms. The molecule has 1 atom stereocenters. The van der Waals surface area contributed by atoms with Gasteiger partial charge in [0.15, 0.2) is 0 Å². The third-order valence-electron chi connectivity index (χ3n) is 1.83. The van der Waals surface area contributed by atoms with Gasteiger partial charge < -0.3 is 15.9 Å². The number of benzene rings is 1. The van der Waals surface area contributed by atoms with E-state index < -0.39 is 17.8 Å². The molecule has 1 rings (SSSR count). The number of rotatable bonds is 2. The van der Waals surface area contributed by atoms with Crippen molar-refractivity contribution in [2.45, 2.75) is 6.04 Å². The van der Waals surface area contributed by atoms with Gasteiger partial charge in [-0.25, -0.2) is 0 Å². The lowest BCUT2D eigenvalue weighted by Crippen LogP contribution is -2.20. The van der Waals surface area contributed by atoms with Crippen molar-refractivity contribution >= 4 is 21.9 Å². The van der Waals surface area contributed by atoms with Crippen LogP contribution < -0.4 is 5.73 Å². The van der Waals surface area contributed by atoms with Crippen LogP contribution in [-0.4, -0.2) is 16.2 Å². The quantitative estimate of drug-likeness (QED) is 0.746. The minimum Gasteiger partial charge on any atom is -0.506 e. The summed E-state index contributed by atoms with van der Waals surface area (Å²) in [6.07, 6.45) is 0. The normalized spacial score (nSPS) is 11.8. The lowest BCUT2D eigenvalue weighted by molar-refractivity contribution is -0.138. The number of nitrogens with zero attached hydrogens (tertiary/aromatic N) is 1. The van der Waals surface area contributed by atoms with E-state index in [2.05, 4.69) is 15.9 Å². The summed E-state index contributed by atoms with van der Waals surface area (Å²) in [5.74, 6) is -1.66. The highest BCUT2D eigenvalue weighted by Crippen LogP contribution is 2.30. The fourth-order valence-corrected chi connectivity index (χ4v) is 1.55. The zero-order valence-electron chi connectivity index (χ0n) is 7.44. The second-order valence-corrected chi connectivity index (χ2v) is 3.73. The van der Waals surface area contributed by atoms with Crippen molar-refractivity contribution < 1.29 is 15.0 Å². The average molecular weight is 271 g/mol. The minimum atomic E-state index is -1.35. The van der Waals surface area contributed by atoms with Crippen LogP contribution in [0.4, 0.5) is 0 Å². The van der Waals surface area contributed by atoms with Gasteiger partial charge in [-0.1, -0.05) is 15.9 Å². The van der Waals surface area contributed by atoms with Crippen molar-refractivity contribution in [2.75, 3.05) is 0 Å². The van der Waals surface area contributed by atoms with E-state index in [9.17, 15) is 9.90 Å². The maximum Gasteiger partial charge on any atom is 0.325 e. The first-order valence-corrected chi connectivity index (χ1v) is 4.67. The molecule has 0 bridgehead atoms. The zero-order chi connectivity index (χ0) is 11.6. The first-order valence-electron chi connectivity index (χ1n) is 3.88. The van der Waals surface area contributed by atoms with E-state index in [0.717, 1.165) is 0 Å². The molecule has 0 fully saturated rings. The summed E-state index contributed by atoms with van der Waals surface area (Å²) >= 11 is 3.09. The van der Waals surface area contributed by atoms with Crippen LogP contribution in [0, 0.1) is 11.3 Å². The Balaban J connectivity index is 3.37. The van der Waals surface area contributed by atoms with Crippen LogP contribution in [0.25, 0.3) is 0 Å². The number of nitrogens with two attached hydrogens (primary N) is 1. The SMILES string of the molecule is N#Cc1cc(Br)cc([C@H](N)C(=O)O)c1O. The number of carbonyl (C=O) groups is 1. The predicted octanol–water partition coefficient (Wildman–Crippen LogP) is 1.11. The van der Waals surface area contributed by atoms with Crippen LogP contribution in [0.3, 0.4) is 0 Å². The summed E-state index contributed by atoms with van der Waals surface area (Å²) in [5.41, 5.74) is 5.33. The summed E-state index contributed by atoms with van der Waals surface area (Å²) in [6, 6.07) is 3.14. The number of hydrogen-bond acceptors (Lipinski definition) is 4. The van der Waals surface area contributed by atoms with Crippen LogP contribution >= 0.6 is 15.9 Å². The van der Waals surface area contributed by atoms with Crippen LogP contribution in [0.15, 0.2) is 16.6 Å². The van der Waals surface area contributed by atoms with Gasteiger partial charge in [0, 0.05) is 10.0 Å². The Kier molecular flexibility index (Phi) is 3.29. The number of aliphatic carboxylic acids is 1. The second kappa shape index (κ2) is 4.29. The van der Waals surface area contributed by atoms with Gasteiger partial charge in [0.05, 0.1) is 5.56 Å². The summed E-state index contributed by atoms with van der Waals surface area (Å²) in [6.45, 7) is 0. The predicted molar refractivity (Wildman–Crippen MR) is 55.1 cm³/mol. The smallest absolute Gasteiger partial charge is 0.325 e. The third kappa shape index (κ3) is 2.26. The summed E-state index contributed by atoms with van der Waals surface area (Å²) in [7, 11) is 0. The average Bonchev–Trinajstić information content (AvgIpc) is 2.19. The van der Waals surface area contributed by atoms with E-state index in [1.165, 1.54) is 12.1 Å². The van der Waals surface area contributed by atoms with E-state index >= 15 is 0 Å². The van der Waals surface area contributed by atoms with Gasteiger partial charge in [-0.15, -0.1) is 0 Å². The van der Waals surface area contributed by atoms with Crippen molar-refractivity contribution in [3.8, 4) is 11.8 Å². The van der Waals surface area contributed by atoms with Gasteiger partial charge in [0.1, 0.15) is 17.9 Å². The highest BCUT2D eigenvalue weighted by Gasteiger charge is 2.20. The molecule has 0 spiro atoms. The van der Waals surface area contributed by atoms with Crippen molar-refractivity contribution in [3.05, 3.63) is 27.7 Å². The molecule has 0 aliphatic carbocycles. The Morgan fingerprint density at radius 1 is 1.60 bits per heavy atom. The maximum absolute atomic E-state index is 10.6. The van der Waals surface area contributed by atoms with Gasteiger partial charge in [0.25, 0.3) is 0 Å². The fourth-order valence-electron chi connectivity index (χ4n) is 1.08. The van der Waals surface area contributed by atoms with Crippen molar-refractivity contribution in [3.63, 3.8) is 0 Å². The second-order valence-electron chi connectivity index (χ2n) is 2.82. The Morgan fingerprint density at radius 2 is 2.20 bits per heavy atom. The third-order valence-corrected chi connectivity index (χ3v) is 2.28. The molecule has 0 aliphatic rings. The van der Waals surface area contributed by atoms with Gasteiger partial charge in [-0.2, -0.15) is 5.26 Å². The topological polar surface area (TPSA) is 107 Å². The lowest BCUT2D eigenvalue weighted by Gasteiger charge is -2.10. The minimum absolute atomic E-state index is 0.00780. The molecule has 1 aromatic rings. The molecular formula is C9H7BrN2O3. The first-order chi connectivity index (χ1) is 6.97. The lowest BCUT2D eigenvalue weighted by atomic mass is 10.0. The van der Waals surface area contributed by atoms with Crippen LogP contribution in [0.5, 0.6) is 5.75 Å². The maximum atomic E-state index is 10.6. The van der Waals surface area contributed by atoms with Crippen LogP contribution in [-0.2, 0) is 4.79 Å². The fraction of sp³-hybridized carbons (Fsp3) is 0.111. The van der Waals surface area contributed by atoms with Crippen LogP contribution in [0.2, 0.25) is 0 Å². The first kappa shape index (κ1) is 11.5. The number of aromatic hydroxyl groups is 1. The number of halogens is 1. The largest absolute Gasteiger partial charge is 0.506 e. The Labute approximate surface area is 93.9 Å². The molecule has 0 aromatic heterocycles. The molecule has 0 aliphatic heterocycles. The molecule has 1 aromatic carbocycles. The summed E-state index contributed by atoms with van der Waals surface area (Å²) in [4.78, 5) is 10.6. The molecule has 5 nitrogen and oxygen atoms in total. The molecule has 0 saturated carbocycles. The van der Waals surface area contributed by atoms with E-state index in [1.54, 1.807) is 6.07 Å². The molecular weight excluding hydrogens is 264 g/mol. The monoisotopic (exact) mass is 270 g/mol. The van der Waals surface area contributed by atoms with E-state index in [4.69, 9.17) is 16.1 Å². The number of phenolic OH excluding ortho intramolecular Hbond substituents is 1. The van der Waals surface area contributed by atoms with Gasteiger partial charge in [-0.05, 0) is 12.1 Å². The summed E-state index contributed by atoms with van der Waals surface area (Å²) < 4.78 is 0.489. The van der Waals surface area contributed by atoms with Crippen LogP contribution in [0.1, 0.15) is 17.2 Å². The molecule has 4 N–H and O–H groups in total. The van der Waals surface area contributed by atoms with Crippen molar-refractivity contribution in [1.29, 1.82) is 5.26 Å². The molecule has 0 radical (unpaired) electrons. The number of carboxylic acid groups (broad SMARTS) is 1.